The van der Waals surface area contributed by atoms with Crippen LogP contribution in [0, 0.1) is 11.8 Å². The molecule has 2 heterocycles. The second-order valence-electron chi connectivity index (χ2n) is 4.71. The molecule has 2 rings (SSSR count). The van der Waals surface area contributed by atoms with Crippen LogP contribution < -0.4 is 10.6 Å². The maximum absolute atomic E-state index is 3.64. The van der Waals surface area contributed by atoms with E-state index in [1.54, 1.807) is 0 Å². The van der Waals surface area contributed by atoms with Gasteiger partial charge in [0.2, 0.25) is 0 Å². The summed E-state index contributed by atoms with van der Waals surface area (Å²) in [6, 6.07) is 1.51. The van der Waals surface area contributed by atoms with Gasteiger partial charge in [-0.25, -0.2) is 0 Å². The van der Waals surface area contributed by atoms with Gasteiger partial charge in [-0.3, -0.25) is 0 Å². The predicted octanol–water partition coefficient (Wildman–Crippen LogP) is 0.982. The summed E-state index contributed by atoms with van der Waals surface area (Å²) in [6.07, 6.45) is 2.73. The molecule has 2 saturated heterocycles. The number of piperidine rings is 2. The van der Waals surface area contributed by atoms with Crippen molar-refractivity contribution in [2.45, 2.75) is 38.8 Å². The van der Waals surface area contributed by atoms with Crippen molar-refractivity contribution in [3.63, 3.8) is 0 Å². The molecule has 2 fully saturated rings. The highest BCUT2D eigenvalue weighted by molar-refractivity contribution is 4.93. The average Bonchev–Trinajstić information content (AvgIpc) is 2.05. The lowest BCUT2D eigenvalue weighted by Gasteiger charge is -2.42. The van der Waals surface area contributed by atoms with Gasteiger partial charge >= 0.3 is 0 Å². The summed E-state index contributed by atoms with van der Waals surface area (Å²) < 4.78 is 0. The number of nitrogens with one attached hydrogen (secondary N) is 2. The van der Waals surface area contributed by atoms with E-state index in [1.807, 2.05) is 0 Å². The number of hydrogen-bond donors (Lipinski definition) is 2. The summed E-state index contributed by atoms with van der Waals surface area (Å²) in [7, 11) is 0. The van der Waals surface area contributed by atoms with Crippen molar-refractivity contribution in [2.24, 2.45) is 11.8 Å². The Morgan fingerprint density at radius 2 is 1.25 bits per heavy atom. The fraction of sp³-hybridized carbons (Fsp3) is 1.00. The summed E-state index contributed by atoms with van der Waals surface area (Å²) in [5.74, 6) is 1.71. The first-order valence-electron chi connectivity index (χ1n) is 5.22. The Kier molecular flexibility index (Phi) is 2.37. The summed E-state index contributed by atoms with van der Waals surface area (Å²) in [5.41, 5.74) is 0. The third kappa shape index (κ3) is 1.64. The van der Waals surface area contributed by atoms with E-state index in [9.17, 15) is 0 Å². The molecular formula is C10H20N2. The predicted molar refractivity (Wildman–Crippen MR) is 51.1 cm³/mol. The molecule has 0 amide bonds. The largest absolute Gasteiger partial charge is 0.312 e. The second-order valence-corrected chi connectivity index (χ2v) is 4.71. The minimum atomic E-state index is 0.755. The van der Waals surface area contributed by atoms with E-state index in [2.05, 4.69) is 24.5 Å². The van der Waals surface area contributed by atoms with Crippen LogP contribution in [0.3, 0.4) is 0 Å². The maximum Gasteiger partial charge on any atom is 0.0224 e. The molecule has 0 radical (unpaired) electrons. The smallest absolute Gasteiger partial charge is 0.0224 e. The molecule has 12 heavy (non-hydrogen) atoms. The zero-order valence-corrected chi connectivity index (χ0v) is 8.14. The van der Waals surface area contributed by atoms with Crippen molar-refractivity contribution >= 4 is 0 Å². The highest BCUT2D eigenvalue weighted by Gasteiger charge is 2.32. The normalized spacial score (nSPS) is 48.5. The van der Waals surface area contributed by atoms with Crippen molar-refractivity contribution in [1.82, 2.24) is 10.6 Å². The molecule has 0 saturated carbocycles. The molecule has 0 spiro atoms. The quantitative estimate of drug-likeness (QED) is 0.563. The molecule has 0 bridgehead atoms. The van der Waals surface area contributed by atoms with Crippen LogP contribution in [0.4, 0.5) is 0 Å². The standard InChI is InChI=1S/C10H20N2/c1-7-3-9-10(11-5-7)4-8(2)6-12-9/h7-12H,3-6H2,1-2H3/t7-,8-,9-,10-/m1/s1. The lowest BCUT2D eigenvalue weighted by atomic mass is 9.83. The molecule has 2 N–H and O–H groups in total. The van der Waals surface area contributed by atoms with Gasteiger partial charge in [0.1, 0.15) is 0 Å². The van der Waals surface area contributed by atoms with Crippen LogP contribution in [-0.2, 0) is 0 Å². The molecular weight excluding hydrogens is 148 g/mol. The third-order valence-corrected chi connectivity index (χ3v) is 3.26. The number of rotatable bonds is 0. The minimum absolute atomic E-state index is 0.755. The first-order valence-corrected chi connectivity index (χ1v) is 5.22. The highest BCUT2D eigenvalue weighted by atomic mass is 15.1. The fourth-order valence-corrected chi connectivity index (χ4v) is 2.52. The van der Waals surface area contributed by atoms with Crippen molar-refractivity contribution in [3.8, 4) is 0 Å². The zero-order valence-electron chi connectivity index (χ0n) is 8.14. The Morgan fingerprint density at radius 1 is 0.833 bits per heavy atom. The summed E-state index contributed by atoms with van der Waals surface area (Å²) in [6.45, 7) is 7.11. The van der Waals surface area contributed by atoms with Crippen LogP contribution in [0.1, 0.15) is 26.7 Å². The van der Waals surface area contributed by atoms with Gasteiger partial charge in [0.15, 0.2) is 0 Å². The van der Waals surface area contributed by atoms with Crippen molar-refractivity contribution < 1.29 is 0 Å². The van der Waals surface area contributed by atoms with Crippen molar-refractivity contribution in [1.29, 1.82) is 0 Å². The third-order valence-electron chi connectivity index (χ3n) is 3.26. The van der Waals surface area contributed by atoms with Gasteiger partial charge in [0.25, 0.3) is 0 Å². The minimum Gasteiger partial charge on any atom is -0.312 e. The monoisotopic (exact) mass is 168 g/mol. The fourth-order valence-electron chi connectivity index (χ4n) is 2.52. The van der Waals surface area contributed by atoms with Gasteiger partial charge in [0.05, 0.1) is 0 Å². The summed E-state index contributed by atoms with van der Waals surface area (Å²) in [5, 5.41) is 7.28. The van der Waals surface area contributed by atoms with Gasteiger partial charge in [-0.15, -0.1) is 0 Å². The molecule has 2 aliphatic rings. The molecule has 0 aromatic rings. The summed E-state index contributed by atoms with van der Waals surface area (Å²) >= 11 is 0. The highest BCUT2D eigenvalue weighted by Crippen LogP contribution is 2.22. The van der Waals surface area contributed by atoms with Crippen molar-refractivity contribution in [2.75, 3.05) is 13.1 Å². The lowest BCUT2D eigenvalue weighted by molar-refractivity contribution is 0.181. The second kappa shape index (κ2) is 3.35. The van der Waals surface area contributed by atoms with Crippen LogP contribution in [-0.4, -0.2) is 25.2 Å². The van der Waals surface area contributed by atoms with E-state index >= 15 is 0 Å². The molecule has 0 unspecified atom stereocenters. The Hall–Kier alpha value is -0.0800. The van der Waals surface area contributed by atoms with Gasteiger partial charge < -0.3 is 10.6 Å². The summed E-state index contributed by atoms with van der Waals surface area (Å²) in [4.78, 5) is 0. The molecule has 2 nitrogen and oxygen atoms in total. The van der Waals surface area contributed by atoms with Crippen LogP contribution in [0.15, 0.2) is 0 Å². The molecule has 0 aromatic carbocycles. The van der Waals surface area contributed by atoms with E-state index in [1.165, 1.54) is 25.9 Å². The van der Waals surface area contributed by atoms with E-state index in [0.717, 1.165) is 23.9 Å². The van der Waals surface area contributed by atoms with Gasteiger partial charge in [-0.2, -0.15) is 0 Å². The Bertz CT molecular complexity index is 140. The van der Waals surface area contributed by atoms with Gasteiger partial charge in [-0.1, -0.05) is 13.8 Å². The first kappa shape index (κ1) is 8.52. The topological polar surface area (TPSA) is 24.1 Å². The van der Waals surface area contributed by atoms with E-state index in [0.29, 0.717) is 0 Å². The van der Waals surface area contributed by atoms with Gasteiger partial charge in [-0.05, 0) is 37.8 Å². The molecule has 2 heteroatoms. The van der Waals surface area contributed by atoms with E-state index in [-0.39, 0.29) is 0 Å². The number of fused-ring (bicyclic) bond motifs is 1. The average molecular weight is 168 g/mol. The molecule has 4 atom stereocenters. The van der Waals surface area contributed by atoms with Crippen LogP contribution >= 0.6 is 0 Å². The van der Waals surface area contributed by atoms with Crippen LogP contribution in [0.5, 0.6) is 0 Å². The zero-order chi connectivity index (χ0) is 8.55. The first-order chi connectivity index (χ1) is 5.75. The lowest BCUT2D eigenvalue weighted by Crippen LogP contribution is -2.58. The molecule has 0 aliphatic carbocycles. The number of hydrogen-bond acceptors (Lipinski definition) is 2. The van der Waals surface area contributed by atoms with E-state index in [4.69, 9.17) is 0 Å². The molecule has 0 aromatic heterocycles. The van der Waals surface area contributed by atoms with Gasteiger partial charge in [0, 0.05) is 12.1 Å². The Morgan fingerprint density at radius 3 is 1.67 bits per heavy atom. The SMILES string of the molecule is C[C@H]1CN[C@@H]2C[C@@H](C)CN[C@@H]2C1. The van der Waals surface area contributed by atoms with Crippen LogP contribution in [0.2, 0.25) is 0 Å². The van der Waals surface area contributed by atoms with Crippen molar-refractivity contribution in [3.05, 3.63) is 0 Å². The maximum atomic E-state index is 3.64. The van der Waals surface area contributed by atoms with Crippen LogP contribution in [0.25, 0.3) is 0 Å². The van der Waals surface area contributed by atoms with E-state index < -0.39 is 0 Å². The Balaban J connectivity index is 1.94. The molecule has 2 aliphatic heterocycles. The Labute approximate surface area is 75.1 Å². The molecule has 70 valence electrons.